The van der Waals surface area contributed by atoms with Crippen molar-refractivity contribution in [2.24, 2.45) is 5.14 Å². The van der Waals surface area contributed by atoms with Gasteiger partial charge in [-0.25, -0.2) is 22.0 Å². The molecule has 0 spiro atoms. The van der Waals surface area contributed by atoms with Crippen LogP contribution in [0.4, 0.5) is 5.69 Å². The predicted octanol–water partition coefficient (Wildman–Crippen LogP) is 1.69. The molecule has 0 saturated carbocycles. The number of rotatable bonds is 6. The van der Waals surface area contributed by atoms with Gasteiger partial charge in [-0.2, -0.15) is 5.10 Å². The Morgan fingerprint density at radius 2 is 1.63 bits per heavy atom. The van der Waals surface area contributed by atoms with Crippen LogP contribution in [-0.4, -0.2) is 26.6 Å². The van der Waals surface area contributed by atoms with Crippen molar-refractivity contribution in [3.63, 3.8) is 0 Å². The SMILES string of the molecule is Cc1nn(Cc2ccccc2)cc1S(=O)(=O)Nc1ccc(S(N)(=O)=O)cc1. The molecule has 3 aromatic rings. The Hall–Kier alpha value is -2.69. The summed E-state index contributed by atoms with van der Waals surface area (Å²) >= 11 is 0. The van der Waals surface area contributed by atoms with Crippen molar-refractivity contribution in [3.05, 3.63) is 72.1 Å². The van der Waals surface area contributed by atoms with Crippen LogP contribution in [0.5, 0.6) is 0 Å². The first kappa shape index (κ1) is 19.1. The van der Waals surface area contributed by atoms with Crippen molar-refractivity contribution in [2.75, 3.05) is 4.72 Å². The third-order valence-corrected chi connectivity index (χ3v) is 6.23. The first-order valence-corrected chi connectivity index (χ1v) is 10.9. The molecule has 10 heteroatoms. The molecule has 0 aliphatic carbocycles. The van der Waals surface area contributed by atoms with Crippen LogP contribution in [-0.2, 0) is 26.6 Å². The second-order valence-electron chi connectivity index (χ2n) is 5.94. The van der Waals surface area contributed by atoms with Crippen molar-refractivity contribution in [1.29, 1.82) is 0 Å². The largest absolute Gasteiger partial charge is 0.280 e. The van der Waals surface area contributed by atoms with Crippen LogP contribution < -0.4 is 9.86 Å². The van der Waals surface area contributed by atoms with Gasteiger partial charge < -0.3 is 0 Å². The standard InChI is InChI=1S/C17H18N4O4S2/c1-13-17(12-21(19-13)11-14-5-3-2-4-6-14)27(24,25)20-15-7-9-16(10-8-15)26(18,22)23/h2-10,12,20H,11H2,1H3,(H2,18,22,23). The molecule has 0 fully saturated rings. The monoisotopic (exact) mass is 406 g/mol. The fourth-order valence-electron chi connectivity index (χ4n) is 2.54. The summed E-state index contributed by atoms with van der Waals surface area (Å²) in [6.45, 7) is 2.06. The summed E-state index contributed by atoms with van der Waals surface area (Å²) in [6, 6.07) is 14.7. The predicted molar refractivity (Wildman–Crippen MR) is 101 cm³/mol. The fraction of sp³-hybridized carbons (Fsp3) is 0.118. The molecule has 2 aromatic carbocycles. The van der Waals surface area contributed by atoms with E-state index < -0.39 is 20.0 Å². The molecule has 0 saturated heterocycles. The van der Waals surface area contributed by atoms with E-state index in [0.717, 1.165) is 5.56 Å². The van der Waals surface area contributed by atoms with E-state index in [9.17, 15) is 16.8 Å². The lowest BCUT2D eigenvalue weighted by Gasteiger charge is -2.07. The number of nitrogens with one attached hydrogen (secondary N) is 1. The van der Waals surface area contributed by atoms with E-state index in [-0.39, 0.29) is 15.5 Å². The van der Waals surface area contributed by atoms with Gasteiger partial charge in [0, 0.05) is 11.9 Å². The highest BCUT2D eigenvalue weighted by Gasteiger charge is 2.21. The Kier molecular flexibility index (Phi) is 5.05. The molecule has 3 N–H and O–H groups in total. The van der Waals surface area contributed by atoms with Gasteiger partial charge in [-0.1, -0.05) is 30.3 Å². The number of sulfonamides is 2. The summed E-state index contributed by atoms with van der Waals surface area (Å²) in [5.41, 5.74) is 1.58. The molecule has 0 aliphatic heterocycles. The van der Waals surface area contributed by atoms with E-state index in [1.54, 1.807) is 11.6 Å². The zero-order chi connectivity index (χ0) is 19.7. The van der Waals surface area contributed by atoms with Crippen LogP contribution in [0.15, 0.2) is 70.6 Å². The van der Waals surface area contributed by atoms with E-state index in [4.69, 9.17) is 5.14 Å². The summed E-state index contributed by atoms with van der Waals surface area (Å²) < 4.78 is 51.9. The molecule has 27 heavy (non-hydrogen) atoms. The zero-order valence-corrected chi connectivity index (χ0v) is 16.0. The number of aryl methyl sites for hydroxylation is 1. The molecule has 0 aliphatic rings. The van der Waals surface area contributed by atoms with E-state index in [0.29, 0.717) is 12.2 Å². The number of primary sulfonamides is 1. The second kappa shape index (κ2) is 7.14. The minimum absolute atomic E-state index is 0.0500. The number of hydrogen-bond donors (Lipinski definition) is 2. The summed E-state index contributed by atoms with van der Waals surface area (Å²) in [4.78, 5) is -0.0498. The summed E-state index contributed by atoms with van der Waals surface area (Å²) in [7, 11) is -7.72. The van der Waals surface area contributed by atoms with Crippen molar-refractivity contribution < 1.29 is 16.8 Å². The van der Waals surface area contributed by atoms with Crippen LogP contribution in [0.3, 0.4) is 0 Å². The molecule has 0 amide bonds. The van der Waals surface area contributed by atoms with E-state index >= 15 is 0 Å². The first-order chi connectivity index (χ1) is 12.6. The number of nitrogens with zero attached hydrogens (tertiary/aromatic N) is 2. The van der Waals surface area contributed by atoms with E-state index in [1.165, 1.54) is 30.5 Å². The average molecular weight is 406 g/mol. The quantitative estimate of drug-likeness (QED) is 0.644. The van der Waals surface area contributed by atoms with Gasteiger partial charge in [0.05, 0.1) is 17.1 Å². The van der Waals surface area contributed by atoms with Gasteiger partial charge in [0.2, 0.25) is 10.0 Å². The van der Waals surface area contributed by atoms with Crippen molar-refractivity contribution in [1.82, 2.24) is 9.78 Å². The molecule has 0 atom stereocenters. The molecule has 8 nitrogen and oxygen atoms in total. The third kappa shape index (κ3) is 4.54. The van der Waals surface area contributed by atoms with E-state index in [2.05, 4.69) is 9.82 Å². The van der Waals surface area contributed by atoms with Crippen molar-refractivity contribution in [3.8, 4) is 0 Å². The minimum atomic E-state index is -3.88. The Bertz CT molecular complexity index is 1150. The number of anilines is 1. The molecule has 142 valence electrons. The van der Waals surface area contributed by atoms with Crippen LogP contribution in [0, 0.1) is 6.92 Å². The molecular weight excluding hydrogens is 388 g/mol. The van der Waals surface area contributed by atoms with Gasteiger partial charge in [0.15, 0.2) is 0 Å². The highest BCUT2D eigenvalue weighted by molar-refractivity contribution is 7.92. The average Bonchev–Trinajstić information content (AvgIpc) is 2.96. The number of hydrogen-bond acceptors (Lipinski definition) is 5. The highest BCUT2D eigenvalue weighted by atomic mass is 32.2. The normalized spacial score (nSPS) is 12.1. The lowest BCUT2D eigenvalue weighted by atomic mass is 10.2. The molecule has 0 radical (unpaired) electrons. The molecule has 3 rings (SSSR count). The summed E-state index contributed by atoms with van der Waals surface area (Å²) in [6.07, 6.45) is 1.46. The van der Waals surface area contributed by atoms with Crippen molar-refractivity contribution >= 4 is 25.7 Å². The minimum Gasteiger partial charge on any atom is -0.280 e. The van der Waals surface area contributed by atoms with Gasteiger partial charge in [-0.15, -0.1) is 0 Å². The van der Waals surface area contributed by atoms with E-state index in [1.807, 2.05) is 30.3 Å². The van der Waals surface area contributed by atoms with Crippen LogP contribution in [0.25, 0.3) is 0 Å². The molecular formula is C17H18N4O4S2. The van der Waals surface area contributed by atoms with Crippen LogP contribution in [0.2, 0.25) is 0 Å². The first-order valence-electron chi connectivity index (χ1n) is 7.89. The molecule has 0 bridgehead atoms. The topological polar surface area (TPSA) is 124 Å². The maximum atomic E-state index is 12.7. The van der Waals surface area contributed by atoms with Crippen LogP contribution >= 0.6 is 0 Å². The lowest BCUT2D eigenvalue weighted by Crippen LogP contribution is -2.14. The highest BCUT2D eigenvalue weighted by Crippen LogP contribution is 2.20. The third-order valence-electron chi connectivity index (χ3n) is 3.81. The smallest absolute Gasteiger partial charge is 0.265 e. The van der Waals surface area contributed by atoms with Gasteiger partial charge in [0.1, 0.15) is 4.90 Å². The Labute approximate surface area is 157 Å². The van der Waals surface area contributed by atoms with Crippen molar-refractivity contribution in [2.45, 2.75) is 23.3 Å². The lowest BCUT2D eigenvalue weighted by molar-refractivity contribution is 0.597. The summed E-state index contributed by atoms with van der Waals surface area (Å²) in [5.74, 6) is 0. The van der Waals surface area contributed by atoms with Gasteiger partial charge in [-0.3, -0.25) is 9.40 Å². The molecule has 1 aromatic heterocycles. The van der Waals surface area contributed by atoms with Gasteiger partial charge >= 0.3 is 0 Å². The maximum Gasteiger partial charge on any atom is 0.265 e. The van der Waals surface area contributed by atoms with Gasteiger partial charge in [0.25, 0.3) is 10.0 Å². The Balaban J connectivity index is 1.83. The number of nitrogens with two attached hydrogens (primary N) is 1. The second-order valence-corrected chi connectivity index (χ2v) is 9.15. The number of aromatic nitrogens is 2. The maximum absolute atomic E-state index is 12.7. The molecule has 1 heterocycles. The number of benzene rings is 2. The van der Waals surface area contributed by atoms with Gasteiger partial charge in [-0.05, 0) is 36.8 Å². The Morgan fingerprint density at radius 3 is 2.22 bits per heavy atom. The summed E-state index contributed by atoms with van der Waals surface area (Å²) in [5, 5.41) is 9.30. The van der Waals surface area contributed by atoms with Crippen LogP contribution in [0.1, 0.15) is 11.3 Å². The molecule has 0 unspecified atom stereocenters. The zero-order valence-electron chi connectivity index (χ0n) is 14.4. The fourth-order valence-corrected chi connectivity index (χ4v) is 4.30. The Morgan fingerprint density at radius 1 is 1.00 bits per heavy atom.